The normalized spacial score (nSPS) is 16.6. The quantitative estimate of drug-likeness (QED) is 0.638. The Balaban J connectivity index is 1.65. The van der Waals surface area contributed by atoms with Gasteiger partial charge in [-0.15, -0.1) is 0 Å². The van der Waals surface area contributed by atoms with Crippen molar-refractivity contribution >= 4 is 28.7 Å². The Morgan fingerprint density at radius 2 is 2.14 bits per heavy atom. The van der Waals surface area contributed by atoms with E-state index in [4.69, 9.17) is 0 Å². The van der Waals surface area contributed by atoms with Crippen molar-refractivity contribution in [3.8, 4) is 0 Å². The number of piperidine rings is 1. The maximum atomic E-state index is 12.3. The van der Waals surface area contributed by atoms with Crippen LogP contribution in [-0.4, -0.2) is 49.4 Å². The van der Waals surface area contributed by atoms with Gasteiger partial charge in [-0.1, -0.05) is 18.7 Å². The number of fused-ring (bicyclic) bond motifs is 1. The van der Waals surface area contributed by atoms with Crippen LogP contribution in [0.15, 0.2) is 17.6 Å². The topological polar surface area (TPSA) is 63.9 Å². The highest BCUT2D eigenvalue weighted by molar-refractivity contribution is 8.00. The summed E-state index contributed by atoms with van der Waals surface area (Å²) in [7, 11) is 1.85. The van der Waals surface area contributed by atoms with Crippen LogP contribution in [0.3, 0.4) is 0 Å². The first kappa shape index (κ1) is 14.3. The number of carbonyl (C=O) groups is 1. The molecule has 3 rings (SSSR count). The molecule has 0 aliphatic carbocycles. The van der Waals surface area contributed by atoms with Crippen LogP contribution in [0, 0.1) is 5.92 Å². The number of hydrogen-bond donors (Lipinski definition) is 0. The molecule has 7 heteroatoms. The average molecular weight is 305 g/mol. The molecule has 21 heavy (non-hydrogen) atoms. The summed E-state index contributed by atoms with van der Waals surface area (Å²) in [6.45, 7) is 4.01. The molecule has 3 heterocycles. The van der Waals surface area contributed by atoms with E-state index in [1.54, 1.807) is 10.9 Å². The summed E-state index contributed by atoms with van der Waals surface area (Å²) in [6.07, 6.45) is 5.50. The van der Waals surface area contributed by atoms with Gasteiger partial charge in [0.05, 0.1) is 17.3 Å². The molecule has 1 aliphatic heterocycles. The van der Waals surface area contributed by atoms with Gasteiger partial charge in [0.1, 0.15) is 11.4 Å². The summed E-state index contributed by atoms with van der Waals surface area (Å²) in [5, 5.41) is 5.92. The van der Waals surface area contributed by atoms with Crippen LogP contribution in [0.1, 0.15) is 19.8 Å². The molecule has 112 valence electrons. The maximum absolute atomic E-state index is 12.3. The number of thioether (sulfide) groups is 1. The van der Waals surface area contributed by atoms with Gasteiger partial charge in [-0.05, 0) is 18.8 Å². The molecule has 0 radical (unpaired) electrons. The number of likely N-dealkylation sites (tertiary alicyclic amines) is 1. The Morgan fingerprint density at radius 3 is 2.90 bits per heavy atom. The second kappa shape index (κ2) is 6.01. The molecule has 2 aromatic heterocycles. The number of nitrogens with zero attached hydrogens (tertiary/aromatic N) is 5. The summed E-state index contributed by atoms with van der Waals surface area (Å²) in [5.41, 5.74) is 0.798. The van der Waals surface area contributed by atoms with Crippen LogP contribution in [0.5, 0.6) is 0 Å². The zero-order chi connectivity index (χ0) is 14.8. The standard InChI is InChI=1S/C14H19N5OS/c1-10-3-5-19(6-4-10)12(20)8-21-14-11-7-17-18(2)13(11)15-9-16-14/h7,9-10H,3-6,8H2,1-2H3. The molecule has 0 unspecified atom stereocenters. The van der Waals surface area contributed by atoms with Crippen molar-refractivity contribution in [3.63, 3.8) is 0 Å². The van der Waals surface area contributed by atoms with Crippen molar-refractivity contribution < 1.29 is 4.79 Å². The van der Waals surface area contributed by atoms with E-state index in [9.17, 15) is 4.79 Å². The highest BCUT2D eigenvalue weighted by Crippen LogP contribution is 2.25. The van der Waals surface area contributed by atoms with Gasteiger partial charge in [-0.25, -0.2) is 9.97 Å². The fourth-order valence-corrected chi connectivity index (χ4v) is 3.40. The van der Waals surface area contributed by atoms with Crippen molar-refractivity contribution in [2.24, 2.45) is 13.0 Å². The van der Waals surface area contributed by atoms with Crippen LogP contribution < -0.4 is 0 Å². The minimum atomic E-state index is 0.197. The first-order valence-corrected chi connectivity index (χ1v) is 8.17. The first-order valence-electron chi connectivity index (χ1n) is 7.18. The molecule has 1 fully saturated rings. The van der Waals surface area contributed by atoms with Crippen LogP contribution in [-0.2, 0) is 11.8 Å². The lowest BCUT2D eigenvalue weighted by molar-refractivity contribution is -0.129. The highest BCUT2D eigenvalue weighted by atomic mass is 32.2. The third-order valence-corrected chi connectivity index (χ3v) is 4.95. The Kier molecular flexibility index (Phi) is 4.10. The average Bonchev–Trinajstić information content (AvgIpc) is 2.88. The van der Waals surface area contributed by atoms with Gasteiger partial charge in [0.15, 0.2) is 5.65 Å². The predicted molar refractivity (Wildman–Crippen MR) is 82.0 cm³/mol. The van der Waals surface area contributed by atoms with Gasteiger partial charge in [-0.2, -0.15) is 5.10 Å². The van der Waals surface area contributed by atoms with Gasteiger partial charge < -0.3 is 4.90 Å². The van der Waals surface area contributed by atoms with E-state index in [1.807, 2.05) is 11.9 Å². The fourth-order valence-electron chi connectivity index (χ4n) is 2.53. The summed E-state index contributed by atoms with van der Waals surface area (Å²) >= 11 is 1.47. The highest BCUT2D eigenvalue weighted by Gasteiger charge is 2.20. The van der Waals surface area contributed by atoms with Crippen LogP contribution in [0.4, 0.5) is 0 Å². The predicted octanol–water partition coefficient (Wildman–Crippen LogP) is 1.71. The molecule has 1 aliphatic rings. The largest absolute Gasteiger partial charge is 0.342 e. The van der Waals surface area contributed by atoms with Crippen molar-refractivity contribution in [2.45, 2.75) is 24.8 Å². The molecule has 2 aromatic rings. The molecule has 0 saturated carbocycles. The smallest absolute Gasteiger partial charge is 0.232 e. The number of carbonyl (C=O) groups excluding carboxylic acids is 1. The number of aromatic nitrogens is 4. The first-order chi connectivity index (χ1) is 10.1. The van der Waals surface area contributed by atoms with E-state index < -0.39 is 0 Å². The molecule has 6 nitrogen and oxygen atoms in total. The van der Waals surface area contributed by atoms with E-state index in [-0.39, 0.29) is 5.91 Å². The minimum absolute atomic E-state index is 0.197. The molecular formula is C14H19N5OS. The molecule has 0 atom stereocenters. The Bertz CT molecular complexity index is 648. The lowest BCUT2D eigenvalue weighted by Gasteiger charge is -2.30. The second-order valence-electron chi connectivity index (χ2n) is 5.54. The number of amides is 1. The third kappa shape index (κ3) is 3.02. The Morgan fingerprint density at radius 1 is 1.38 bits per heavy atom. The van der Waals surface area contributed by atoms with E-state index in [2.05, 4.69) is 22.0 Å². The van der Waals surface area contributed by atoms with Crippen LogP contribution in [0.25, 0.3) is 11.0 Å². The summed E-state index contributed by atoms with van der Waals surface area (Å²) in [5.74, 6) is 1.36. The molecule has 0 aromatic carbocycles. The van der Waals surface area contributed by atoms with Gasteiger partial charge in [0, 0.05) is 20.1 Å². The van der Waals surface area contributed by atoms with E-state index in [0.29, 0.717) is 5.75 Å². The van der Waals surface area contributed by atoms with Crippen molar-refractivity contribution in [3.05, 3.63) is 12.5 Å². The van der Waals surface area contributed by atoms with E-state index >= 15 is 0 Å². The number of rotatable bonds is 3. The van der Waals surface area contributed by atoms with Gasteiger partial charge in [0.2, 0.25) is 5.91 Å². The monoisotopic (exact) mass is 305 g/mol. The molecule has 1 amide bonds. The van der Waals surface area contributed by atoms with Crippen molar-refractivity contribution in [1.82, 2.24) is 24.6 Å². The van der Waals surface area contributed by atoms with E-state index in [0.717, 1.165) is 47.9 Å². The van der Waals surface area contributed by atoms with E-state index in [1.165, 1.54) is 18.1 Å². The van der Waals surface area contributed by atoms with Gasteiger partial charge >= 0.3 is 0 Å². The SMILES string of the molecule is CC1CCN(C(=O)CSc2ncnc3c2cnn3C)CC1. The zero-order valence-corrected chi connectivity index (χ0v) is 13.1. The Hall–Kier alpha value is -1.63. The maximum Gasteiger partial charge on any atom is 0.232 e. The summed E-state index contributed by atoms with van der Waals surface area (Å²) < 4.78 is 1.72. The minimum Gasteiger partial charge on any atom is -0.342 e. The van der Waals surface area contributed by atoms with Gasteiger partial charge in [0.25, 0.3) is 0 Å². The van der Waals surface area contributed by atoms with Crippen molar-refractivity contribution in [2.75, 3.05) is 18.8 Å². The van der Waals surface area contributed by atoms with Gasteiger partial charge in [-0.3, -0.25) is 9.48 Å². The Labute approximate surface area is 127 Å². The molecule has 0 bridgehead atoms. The number of hydrogen-bond acceptors (Lipinski definition) is 5. The fraction of sp³-hybridized carbons (Fsp3) is 0.571. The van der Waals surface area contributed by atoms with Crippen LogP contribution >= 0.6 is 11.8 Å². The summed E-state index contributed by atoms with van der Waals surface area (Å²) in [6, 6.07) is 0. The molecule has 0 N–H and O–H groups in total. The lowest BCUT2D eigenvalue weighted by Crippen LogP contribution is -2.38. The lowest BCUT2D eigenvalue weighted by atomic mass is 9.99. The summed E-state index contributed by atoms with van der Waals surface area (Å²) in [4.78, 5) is 22.7. The third-order valence-electron chi connectivity index (χ3n) is 3.96. The molecular weight excluding hydrogens is 286 g/mol. The van der Waals surface area contributed by atoms with Crippen LogP contribution in [0.2, 0.25) is 0 Å². The molecule has 0 spiro atoms. The molecule has 1 saturated heterocycles. The number of aryl methyl sites for hydroxylation is 1. The second-order valence-corrected chi connectivity index (χ2v) is 6.50. The van der Waals surface area contributed by atoms with Crippen molar-refractivity contribution in [1.29, 1.82) is 0 Å². The zero-order valence-electron chi connectivity index (χ0n) is 12.3.